The van der Waals surface area contributed by atoms with Gasteiger partial charge in [-0.15, -0.1) is 0 Å². The van der Waals surface area contributed by atoms with Crippen LogP contribution in [0.3, 0.4) is 0 Å². The van der Waals surface area contributed by atoms with Crippen molar-refractivity contribution in [3.63, 3.8) is 0 Å². The monoisotopic (exact) mass is 424 g/mol. The van der Waals surface area contributed by atoms with Gasteiger partial charge in [-0.1, -0.05) is 12.1 Å². The van der Waals surface area contributed by atoms with Crippen molar-refractivity contribution in [1.29, 1.82) is 0 Å². The van der Waals surface area contributed by atoms with E-state index < -0.39 is 0 Å². The van der Waals surface area contributed by atoms with Crippen LogP contribution in [-0.4, -0.2) is 38.2 Å². The Bertz CT molecular complexity index is 1490. The van der Waals surface area contributed by atoms with E-state index in [4.69, 9.17) is 4.98 Å². The quantitative estimate of drug-likeness (QED) is 0.381. The minimum atomic E-state index is -0.255. The van der Waals surface area contributed by atoms with Gasteiger partial charge in [0.05, 0.1) is 28.6 Å². The summed E-state index contributed by atoms with van der Waals surface area (Å²) in [5.41, 5.74) is 8.96. The fourth-order valence-corrected chi connectivity index (χ4v) is 4.42. The molecule has 0 aliphatic carbocycles. The smallest absolute Gasteiger partial charge is 0.135 e. The SMILES string of the molecule is Cc1cc(F)cc(-c2cncc3[nH]c(-c4n[nH]c5ccc(C6=CCNCC6)nc45)cc23)c1. The van der Waals surface area contributed by atoms with Gasteiger partial charge in [-0.3, -0.25) is 10.1 Å². The summed E-state index contributed by atoms with van der Waals surface area (Å²) in [5, 5.41) is 11.9. The number of halogens is 1. The lowest BCUT2D eigenvalue weighted by Gasteiger charge is -2.13. The van der Waals surface area contributed by atoms with Gasteiger partial charge in [-0.2, -0.15) is 5.10 Å². The first-order chi connectivity index (χ1) is 15.7. The summed E-state index contributed by atoms with van der Waals surface area (Å²) in [5.74, 6) is -0.255. The number of aromatic nitrogens is 5. The molecule has 0 radical (unpaired) electrons. The number of hydrogen-bond donors (Lipinski definition) is 3. The average molecular weight is 424 g/mol. The van der Waals surface area contributed by atoms with Crippen LogP contribution in [0.4, 0.5) is 4.39 Å². The van der Waals surface area contributed by atoms with E-state index in [1.807, 2.05) is 31.2 Å². The van der Waals surface area contributed by atoms with Crippen LogP contribution in [0.1, 0.15) is 17.7 Å². The van der Waals surface area contributed by atoms with Crippen LogP contribution >= 0.6 is 0 Å². The number of rotatable bonds is 3. The zero-order valence-corrected chi connectivity index (χ0v) is 17.5. The summed E-state index contributed by atoms with van der Waals surface area (Å²) in [6, 6.07) is 11.2. The molecule has 0 amide bonds. The Morgan fingerprint density at radius 1 is 1.03 bits per heavy atom. The molecule has 3 N–H and O–H groups in total. The highest BCUT2D eigenvalue weighted by atomic mass is 19.1. The molecule has 6 rings (SSSR count). The number of aromatic amines is 2. The lowest BCUT2D eigenvalue weighted by atomic mass is 10.0. The first kappa shape index (κ1) is 18.9. The molecule has 158 valence electrons. The Hall–Kier alpha value is -3.84. The van der Waals surface area contributed by atoms with Crippen molar-refractivity contribution in [3.8, 4) is 22.5 Å². The molecule has 32 heavy (non-hydrogen) atoms. The summed E-state index contributed by atoms with van der Waals surface area (Å²) < 4.78 is 14.0. The topological polar surface area (TPSA) is 82.3 Å². The molecule has 5 aromatic rings. The van der Waals surface area contributed by atoms with Crippen molar-refractivity contribution < 1.29 is 4.39 Å². The number of benzene rings is 1. The van der Waals surface area contributed by atoms with Crippen LogP contribution in [0.15, 0.2) is 54.9 Å². The van der Waals surface area contributed by atoms with Gasteiger partial charge in [0, 0.05) is 23.7 Å². The largest absolute Gasteiger partial charge is 0.352 e. The van der Waals surface area contributed by atoms with Gasteiger partial charge in [0.1, 0.15) is 17.0 Å². The van der Waals surface area contributed by atoms with Crippen LogP contribution < -0.4 is 5.32 Å². The van der Waals surface area contributed by atoms with E-state index in [1.165, 1.54) is 11.6 Å². The Labute approximate surface area is 183 Å². The van der Waals surface area contributed by atoms with Crippen LogP contribution in [0.25, 0.3) is 50.0 Å². The van der Waals surface area contributed by atoms with E-state index in [9.17, 15) is 4.39 Å². The van der Waals surface area contributed by atoms with Gasteiger partial charge < -0.3 is 10.3 Å². The molecule has 0 fully saturated rings. The maximum Gasteiger partial charge on any atom is 0.135 e. The van der Waals surface area contributed by atoms with E-state index in [2.05, 4.69) is 31.6 Å². The minimum Gasteiger partial charge on any atom is -0.352 e. The number of nitrogens with zero attached hydrogens (tertiary/aromatic N) is 3. The van der Waals surface area contributed by atoms with Crippen LogP contribution in [0.2, 0.25) is 0 Å². The third kappa shape index (κ3) is 3.18. The van der Waals surface area contributed by atoms with Crippen LogP contribution in [-0.2, 0) is 0 Å². The van der Waals surface area contributed by atoms with Crippen molar-refractivity contribution in [2.75, 3.05) is 13.1 Å². The molecule has 5 heterocycles. The summed E-state index contributed by atoms with van der Waals surface area (Å²) in [6.07, 6.45) is 6.71. The second kappa shape index (κ2) is 7.39. The Morgan fingerprint density at radius 2 is 1.97 bits per heavy atom. The lowest BCUT2D eigenvalue weighted by Crippen LogP contribution is -2.20. The molecule has 0 atom stereocenters. The maximum absolute atomic E-state index is 14.0. The average Bonchev–Trinajstić information content (AvgIpc) is 3.42. The zero-order valence-electron chi connectivity index (χ0n) is 17.5. The third-order valence-corrected chi connectivity index (χ3v) is 5.95. The first-order valence-corrected chi connectivity index (χ1v) is 10.7. The highest BCUT2D eigenvalue weighted by Crippen LogP contribution is 2.34. The summed E-state index contributed by atoms with van der Waals surface area (Å²) >= 11 is 0. The Kier molecular flexibility index (Phi) is 4.36. The van der Waals surface area contributed by atoms with Crippen LogP contribution in [0, 0.1) is 12.7 Å². The second-order valence-electron chi connectivity index (χ2n) is 8.20. The number of pyridine rings is 2. The predicted molar refractivity (Wildman–Crippen MR) is 125 cm³/mol. The van der Waals surface area contributed by atoms with Gasteiger partial charge in [-0.25, -0.2) is 9.37 Å². The number of aryl methyl sites for hydroxylation is 1. The molecule has 6 nitrogen and oxygen atoms in total. The van der Waals surface area contributed by atoms with E-state index in [1.54, 1.807) is 18.5 Å². The Balaban J connectivity index is 1.49. The Morgan fingerprint density at radius 3 is 2.81 bits per heavy atom. The fourth-order valence-electron chi connectivity index (χ4n) is 4.42. The number of H-pyrrole nitrogens is 2. The number of nitrogens with one attached hydrogen (secondary N) is 3. The summed E-state index contributed by atoms with van der Waals surface area (Å²) in [4.78, 5) is 12.7. The molecular weight excluding hydrogens is 403 g/mol. The van der Waals surface area contributed by atoms with Crippen molar-refractivity contribution in [2.45, 2.75) is 13.3 Å². The molecule has 0 saturated carbocycles. The van der Waals surface area contributed by atoms with E-state index in [0.717, 1.165) is 75.2 Å². The predicted octanol–water partition coefficient (Wildman–Crippen LogP) is 4.99. The molecule has 1 aromatic carbocycles. The number of fused-ring (bicyclic) bond motifs is 2. The minimum absolute atomic E-state index is 0.255. The van der Waals surface area contributed by atoms with Crippen molar-refractivity contribution in [2.24, 2.45) is 0 Å². The van der Waals surface area contributed by atoms with Crippen molar-refractivity contribution in [1.82, 2.24) is 30.5 Å². The second-order valence-corrected chi connectivity index (χ2v) is 8.20. The van der Waals surface area contributed by atoms with Gasteiger partial charge >= 0.3 is 0 Å². The third-order valence-electron chi connectivity index (χ3n) is 5.95. The molecule has 7 heteroatoms. The zero-order chi connectivity index (χ0) is 21.7. The van der Waals surface area contributed by atoms with E-state index in [-0.39, 0.29) is 5.82 Å². The molecule has 0 bridgehead atoms. The van der Waals surface area contributed by atoms with Crippen molar-refractivity contribution in [3.05, 3.63) is 71.9 Å². The van der Waals surface area contributed by atoms with Gasteiger partial charge in [0.15, 0.2) is 0 Å². The molecule has 0 unspecified atom stereocenters. The van der Waals surface area contributed by atoms with Gasteiger partial charge in [0.2, 0.25) is 0 Å². The molecule has 1 aliphatic heterocycles. The standard InChI is InChI=1S/C25H21FN6/c1-14-8-16(10-17(26)9-14)19-12-28-13-23-18(19)11-22(29-23)25-24-21(31-32-25)3-2-20(30-24)15-4-6-27-7-5-15/h2-4,8-13,27,29H,5-7H2,1H3,(H,31,32). The number of hydrogen-bond acceptors (Lipinski definition) is 4. The van der Waals surface area contributed by atoms with Gasteiger partial charge in [-0.05, 0) is 66.9 Å². The molecule has 0 spiro atoms. The first-order valence-electron chi connectivity index (χ1n) is 10.7. The van der Waals surface area contributed by atoms with E-state index in [0.29, 0.717) is 0 Å². The lowest BCUT2D eigenvalue weighted by molar-refractivity contribution is 0.627. The van der Waals surface area contributed by atoms with Crippen molar-refractivity contribution >= 4 is 27.5 Å². The molecule has 0 saturated heterocycles. The molecule has 1 aliphatic rings. The molecular formula is C25H21FN6. The maximum atomic E-state index is 14.0. The highest BCUT2D eigenvalue weighted by Gasteiger charge is 2.17. The van der Waals surface area contributed by atoms with E-state index >= 15 is 0 Å². The fraction of sp³-hybridized carbons (Fsp3) is 0.160. The molecule has 4 aromatic heterocycles. The van der Waals surface area contributed by atoms with Crippen LogP contribution in [0.5, 0.6) is 0 Å². The van der Waals surface area contributed by atoms with Gasteiger partial charge in [0.25, 0.3) is 0 Å². The summed E-state index contributed by atoms with van der Waals surface area (Å²) in [7, 11) is 0. The summed E-state index contributed by atoms with van der Waals surface area (Å²) in [6.45, 7) is 3.71. The highest BCUT2D eigenvalue weighted by molar-refractivity contribution is 6.00. The normalized spacial score (nSPS) is 14.2.